The molecule has 4 aromatic rings. The van der Waals surface area contributed by atoms with Crippen LogP contribution in [0.4, 0.5) is 17.1 Å². The van der Waals surface area contributed by atoms with E-state index in [1.165, 1.54) is 18.2 Å². The number of ketones is 1. The summed E-state index contributed by atoms with van der Waals surface area (Å²) in [5, 5.41) is 11.4. The van der Waals surface area contributed by atoms with Crippen molar-refractivity contribution >= 4 is 46.1 Å². The summed E-state index contributed by atoms with van der Waals surface area (Å²) in [5.74, 6) is -0.277. The number of carbonyl (C=O) groups is 2. The van der Waals surface area contributed by atoms with E-state index in [4.69, 9.17) is 21.0 Å². The van der Waals surface area contributed by atoms with Gasteiger partial charge in [-0.25, -0.2) is 0 Å². The Morgan fingerprint density at radius 2 is 1.76 bits per heavy atom. The first-order valence-electron chi connectivity index (χ1n) is 13.2. The summed E-state index contributed by atoms with van der Waals surface area (Å²) < 4.78 is 6.37. The molecule has 2 heterocycles. The summed E-state index contributed by atoms with van der Waals surface area (Å²) in [4.78, 5) is 45.5. The number of halogens is 1. The van der Waals surface area contributed by atoms with Crippen molar-refractivity contribution < 1.29 is 18.9 Å². The molecule has 1 aromatic heterocycles. The third-order valence-corrected chi connectivity index (χ3v) is 7.92. The van der Waals surface area contributed by atoms with Crippen LogP contribution in [0.25, 0.3) is 11.3 Å². The Hall–Kier alpha value is -4.56. The predicted octanol–water partition coefficient (Wildman–Crippen LogP) is 7.99. The van der Waals surface area contributed by atoms with Crippen molar-refractivity contribution in [2.75, 3.05) is 4.90 Å². The number of nitro groups is 1. The van der Waals surface area contributed by atoms with Crippen molar-refractivity contribution in [1.29, 1.82) is 0 Å². The van der Waals surface area contributed by atoms with Crippen molar-refractivity contribution in [1.82, 2.24) is 0 Å². The molecule has 2 atom stereocenters. The van der Waals surface area contributed by atoms with Crippen molar-refractivity contribution in [2.24, 2.45) is 16.3 Å². The molecule has 1 aliphatic carbocycles. The highest BCUT2D eigenvalue weighted by Crippen LogP contribution is 2.49. The maximum Gasteiger partial charge on any atom is 0.270 e. The van der Waals surface area contributed by atoms with Crippen LogP contribution < -0.4 is 4.90 Å². The highest BCUT2D eigenvalue weighted by molar-refractivity contribution is 6.33. The number of amides is 1. The first-order valence-corrected chi connectivity index (χ1v) is 13.6. The summed E-state index contributed by atoms with van der Waals surface area (Å²) >= 11 is 6.42. The Balaban J connectivity index is 1.54. The van der Waals surface area contributed by atoms with Gasteiger partial charge in [0, 0.05) is 35.4 Å². The topological polar surface area (TPSA) is 106 Å². The van der Waals surface area contributed by atoms with Gasteiger partial charge in [-0.1, -0.05) is 55.8 Å². The minimum Gasteiger partial charge on any atom is -0.459 e. The van der Waals surface area contributed by atoms with Crippen LogP contribution in [-0.2, 0) is 4.79 Å². The van der Waals surface area contributed by atoms with Crippen LogP contribution in [-0.4, -0.2) is 22.3 Å². The number of furan rings is 1. The number of Topliss-reactive ketones (excluding diaryl/α,β-unsaturated/α-hetero) is 1. The molecule has 2 aliphatic rings. The van der Waals surface area contributed by atoms with Crippen LogP contribution >= 0.6 is 11.6 Å². The first-order chi connectivity index (χ1) is 19.6. The lowest BCUT2D eigenvalue weighted by atomic mass is 9.68. The molecule has 0 N–H and O–H groups in total. The van der Waals surface area contributed by atoms with Crippen molar-refractivity contribution in [2.45, 2.75) is 32.7 Å². The molecule has 6 rings (SSSR count). The number of non-ortho nitro benzene ring substituents is 1. The molecule has 206 valence electrons. The van der Waals surface area contributed by atoms with Gasteiger partial charge in [0.05, 0.1) is 27.2 Å². The Morgan fingerprint density at radius 3 is 2.49 bits per heavy atom. The lowest BCUT2D eigenvalue weighted by molar-refractivity contribution is -0.384. The van der Waals surface area contributed by atoms with E-state index in [1.807, 2.05) is 44.2 Å². The van der Waals surface area contributed by atoms with Crippen LogP contribution in [0.2, 0.25) is 5.02 Å². The Bertz CT molecular complexity index is 1730. The van der Waals surface area contributed by atoms with Gasteiger partial charge in [0.2, 0.25) is 0 Å². The summed E-state index contributed by atoms with van der Waals surface area (Å²) in [7, 11) is 0. The molecule has 9 heteroatoms. The molecular weight excluding hydrogens is 542 g/mol. The van der Waals surface area contributed by atoms with E-state index in [1.54, 1.807) is 41.3 Å². The SMILES string of the molecule is CC1(C)CC(=O)C2C(=Nc3ccccc3N(C(=O)c3ccccc3)C2c2ccc(-c3ccc([N+](=O)[O-])cc3Cl)o2)C1. The zero-order chi connectivity index (χ0) is 28.9. The molecule has 0 radical (unpaired) electrons. The lowest BCUT2D eigenvalue weighted by Gasteiger charge is -2.39. The van der Waals surface area contributed by atoms with Crippen molar-refractivity contribution in [3.05, 3.63) is 111 Å². The monoisotopic (exact) mass is 567 g/mol. The second-order valence-corrected chi connectivity index (χ2v) is 11.6. The Morgan fingerprint density at radius 1 is 1.02 bits per heavy atom. The second kappa shape index (κ2) is 10.1. The van der Waals surface area contributed by atoms with E-state index in [2.05, 4.69) is 0 Å². The van der Waals surface area contributed by atoms with Gasteiger partial charge in [-0.15, -0.1) is 0 Å². The second-order valence-electron chi connectivity index (χ2n) is 11.2. The number of aliphatic imine (C=N–C) groups is 1. The van der Waals surface area contributed by atoms with Crippen LogP contribution in [0.15, 0.2) is 94.3 Å². The summed E-state index contributed by atoms with van der Waals surface area (Å²) in [6.07, 6.45) is 0.919. The molecule has 8 nitrogen and oxygen atoms in total. The normalized spacial score (nSPS) is 19.5. The zero-order valence-electron chi connectivity index (χ0n) is 22.4. The number of hydrogen-bond donors (Lipinski definition) is 0. The number of carbonyl (C=O) groups excluding carboxylic acids is 2. The number of nitrogens with zero attached hydrogens (tertiary/aromatic N) is 3. The minimum absolute atomic E-state index is 0.0185. The molecule has 1 amide bonds. The number of fused-ring (bicyclic) bond motifs is 2. The van der Waals surface area contributed by atoms with Gasteiger partial charge in [-0.3, -0.25) is 29.6 Å². The largest absolute Gasteiger partial charge is 0.459 e. The van der Waals surface area contributed by atoms with E-state index in [-0.39, 0.29) is 27.8 Å². The van der Waals surface area contributed by atoms with Crippen molar-refractivity contribution in [3.63, 3.8) is 0 Å². The number of anilines is 1. The zero-order valence-corrected chi connectivity index (χ0v) is 23.2. The van der Waals surface area contributed by atoms with Crippen LogP contribution in [0.1, 0.15) is 48.8 Å². The quantitative estimate of drug-likeness (QED) is 0.183. The standard InChI is InChI=1S/C32H26ClN3O5/c1-32(2)17-24-29(26(37)18-32)30(28-15-14-27(41-28)21-13-12-20(36(39)40)16-22(21)33)35(25-11-7-6-10-23(25)34-24)31(38)19-8-4-3-5-9-19/h3-16,29-30H,17-18H2,1-2H3. The summed E-state index contributed by atoms with van der Waals surface area (Å²) in [6, 6.07) is 23.1. The Kier molecular flexibility index (Phi) is 6.58. The molecule has 0 spiro atoms. The summed E-state index contributed by atoms with van der Waals surface area (Å²) in [6.45, 7) is 4.09. The third-order valence-electron chi connectivity index (χ3n) is 7.60. The van der Waals surface area contributed by atoms with Gasteiger partial charge in [0.15, 0.2) is 0 Å². The predicted molar refractivity (Wildman–Crippen MR) is 157 cm³/mol. The molecule has 0 saturated heterocycles. The van der Waals surface area contributed by atoms with Crippen molar-refractivity contribution in [3.8, 4) is 11.3 Å². The smallest absolute Gasteiger partial charge is 0.270 e. The van der Waals surface area contributed by atoms with E-state index >= 15 is 0 Å². The highest BCUT2D eigenvalue weighted by atomic mass is 35.5. The first kappa shape index (κ1) is 26.7. The number of para-hydroxylation sites is 2. The van der Waals surface area contributed by atoms with Gasteiger partial charge in [-0.2, -0.15) is 0 Å². The number of benzene rings is 3. The van der Waals surface area contributed by atoms with Crippen LogP contribution in [0, 0.1) is 21.4 Å². The van der Waals surface area contributed by atoms with Gasteiger partial charge in [0.25, 0.3) is 11.6 Å². The average molecular weight is 568 g/mol. The van der Waals surface area contributed by atoms with Gasteiger partial charge < -0.3 is 4.42 Å². The fraction of sp³-hybridized carbons (Fsp3) is 0.219. The molecule has 1 saturated carbocycles. The highest BCUT2D eigenvalue weighted by Gasteiger charge is 2.49. The molecule has 1 fully saturated rings. The summed E-state index contributed by atoms with van der Waals surface area (Å²) in [5.41, 5.74) is 2.39. The Labute approximate surface area is 241 Å². The van der Waals surface area contributed by atoms with E-state index in [9.17, 15) is 19.7 Å². The van der Waals surface area contributed by atoms with E-state index in [0.29, 0.717) is 52.6 Å². The average Bonchev–Trinajstić information content (AvgIpc) is 3.36. The maximum atomic E-state index is 14.3. The number of nitro benzene ring substituents is 1. The molecule has 3 aromatic carbocycles. The van der Waals surface area contributed by atoms with E-state index < -0.39 is 16.9 Å². The van der Waals surface area contributed by atoms with Gasteiger partial charge in [-0.05, 0) is 54.3 Å². The van der Waals surface area contributed by atoms with Gasteiger partial charge >= 0.3 is 0 Å². The van der Waals surface area contributed by atoms with Crippen LogP contribution in [0.3, 0.4) is 0 Å². The molecule has 1 aliphatic heterocycles. The fourth-order valence-electron chi connectivity index (χ4n) is 5.83. The van der Waals surface area contributed by atoms with E-state index in [0.717, 1.165) is 0 Å². The molecule has 41 heavy (non-hydrogen) atoms. The van der Waals surface area contributed by atoms with Gasteiger partial charge in [0.1, 0.15) is 23.3 Å². The minimum atomic E-state index is -0.820. The molecule has 2 unspecified atom stereocenters. The molecular formula is C32H26ClN3O5. The maximum absolute atomic E-state index is 14.3. The lowest BCUT2D eigenvalue weighted by Crippen LogP contribution is -2.47. The third kappa shape index (κ3) is 4.85. The van der Waals surface area contributed by atoms with Crippen LogP contribution in [0.5, 0.6) is 0 Å². The number of rotatable bonds is 4. The molecule has 0 bridgehead atoms. The number of hydrogen-bond acceptors (Lipinski definition) is 6. The fourth-order valence-corrected chi connectivity index (χ4v) is 6.10.